The Morgan fingerprint density at radius 1 is 1.30 bits per heavy atom. The first-order chi connectivity index (χ1) is 16.0. The minimum absolute atomic E-state index is 0.00336. The summed E-state index contributed by atoms with van der Waals surface area (Å²) in [4.78, 5) is 31.2. The second-order valence-corrected chi connectivity index (χ2v) is 9.17. The molecule has 2 aromatic heterocycles. The highest BCUT2D eigenvalue weighted by Crippen LogP contribution is 2.32. The summed E-state index contributed by atoms with van der Waals surface area (Å²) in [6.07, 6.45) is 1.62. The standard InChI is InChI=1S/C24H17ClN4O2S2/c1-2-10-29-23(31)21-18(15-6-4-3-5-7-15)13-32-22(21)28-24(29)33-14-20(30)27-19-11-17(25)9-8-16(19)12-26/h2-9,11,13H,1,10,14H2,(H,27,30). The zero-order valence-corrected chi connectivity index (χ0v) is 19.6. The van der Waals surface area contributed by atoms with Crippen LogP contribution in [0.3, 0.4) is 0 Å². The minimum atomic E-state index is -0.339. The summed E-state index contributed by atoms with van der Waals surface area (Å²) in [6, 6.07) is 16.4. The average Bonchev–Trinajstić information content (AvgIpc) is 3.25. The van der Waals surface area contributed by atoms with Gasteiger partial charge in [-0.15, -0.1) is 17.9 Å². The molecule has 0 radical (unpaired) electrons. The van der Waals surface area contributed by atoms with E-state index in [1.54, 1.807) is 18.2 Å². The van der Waals surface area contributed by atoms with Crippen LogP contribution in [0.15, 0.2) is 76.5 Å². The molecule has 0 atom stereocenters. The molecule has 4 aromatic rings. The number of aromatic nitrogens is 2. The maximum Gasteiger partial charge on any atom is 0.263 e. The zero-order valence-electron chi connectivity index (χ0n) is 17.2. The smallest absolute Gasteiger partial charge is 0.263 e. The van der Waals surface area contributed by atoms with Crippen LogP contribution in [0.25, 0.3) is 21.3 Å². The maximum absolute atomic E-state index is 13.4. The number of fused-ring (bicyclic) bond motifs is 1. The summed E-state index contributed by atoms with van der Waals surface area (Å²) in [6.45, 7) is 4.01. The molecular formula is C24H17ClN4O2S2. The van der Waals surface area contributed by atoms with E-state index >= 15 is 0 Å². The highest BCUT2D eigenvalue weighted by atomic mass is 35.5. The van der Waals surface area contributed by atoms with Gasteiger partial charge in [-0.05, 0) is 23.8 Å². The normalized spacial score (nSPS) is 10.7. The summed E-state index contributed by atoms with van der Waals surface area (Å²) in [5, 5.41) is 15.3. The number of allylic oxidation sites excluding steroid dienone is 1. The zero-order chi connectivity index (χ0) is 23.4. The van der Waals surface area contributed by atoms with Crippen molar-refractivity contribution in [3.8, 4) is 17.2 Å². The van der Waals surface area contributed by atoms with Crippen molar-refractivity contribution in [2.75, 3.05) is 11.1 Å². The molecule has 0 aliphatic heterocycles. The SMILES string of the molecule is C=CCn1c(SCC(=O)Nc2cc(Cl)ccc2C#N)nc2scc(-c3ccccc3)c2c1=O. The van der Waals surface area contributed by atoms with Crippen LogP contribution in [0.1, 0.15) is 5.56 Å². The molecule has 2 heterocycles. The Morgan fingerprint density at radius 3 is 2.82 bits per heavy atom. The van der Waals surface area contributed by atoms with Crippen molar-refractivity contribution < 1.29 is 4.79 Å². The van der Waals surface area contributed by atoms with Crippen LogP contribution in [0.5, 0.6) is 0 Å². The van der Waals surface area contributed by atoms with Crippen LogP contribution in [-0.2, 0) is 11.3 Å². The number of amides is 1. The fourth-order valence-electron chi connectivity index (χ4n) is 3.27. The Hall–Kier alpha value is -3.38. The number of nitrogens with one attached hydrogen (secondary N) is 1. The number of thiophene rings is 1. The van der Waals surface area contributed by atoms with Crippen LogP contribution in [0.2, 0.25) is 5.02 Å². The van der Waals surface area contributed by atoms with E-state index in [9.17, 15) is 14.9 Å². The molecule has 1 N–H and O–H groups in total. The number of thioether (sulfide) groups is 1. The molecule has 0 saturated carbocycles. The predicted octanol–water partition coefficient (Wildman–Crippen LogP) is 5.57. The topological polar surface area (TPSA) is 87.8 Å². The fourth-order valence-corrected chi connectivity index (χ4v) is 5.24. The molecule has 164 valence electrons. The molecule has 2 aromatic carbocycles. The lowest BCUT2D eigenvalue weighted by atomic mass is 10.1. The largest absolute Gasteiger partial charge is 0.324 e. The molecule has 0 saturated heterocycles. The van der Waals surface area contributed by atoms with Crippen LogP contribution in [0, 0.1) is 11.3 Å². The quantitative estimate of drug-likeness (QED) is 0.207. The molecule has 6 nitrogen and oxygen atoms in total. The Balaban J connectivity index is 1.63. The van der Waals surface area contributed by atoms with Crippen molar-refractivity contribution in [3.05, 3.63) is 87.5 Å². The number of rotatable bonds is 7. The maximum atomic E-state index is 13.4. The third kappa shape index (κ3) is 4.86. The van der Waals surface area contributed by atoms with Gasteiger partial charge in [0.2, 0.25) is 5.91 Å². The average molecular weight is 493 g/mol. The van der Waals surface area contributed by atoms with Gasteiger partial charge < -0.3 is 5.32 Å². The number of benzene rings is 2. The van der Waals surface area contributed by atoms with Crippen LogP contribution >= 0.6 is 34.7 Å². The van der Waals surface area contributed by atoms with Crippen molar-refractivity contribution in [1.82, 2.24) is 9.55 Å². The van der Waals surface area contributed by atoms with Crippen molar-refractivity contribution in [2.24, 2.45) is 0 Å². The molecule has 33 heavy (non-hydrogen) atoms. The lowest BCUT2D eigenvalue weighted by Gasteiger charge is -2.11. The first-order valence-corrected chi connectivity index (χ1v) is 12.1. The number of hydrogen-bond acceptors (Lipinski definition) is 6. The molecule has 0 aliphatic rings. The van der Waals surface area contributed by atoms with E-state index in [0.717, 1.165) is 22.9 Å². The Bertz CT molecular complexity index is 1460. The number of hydrogen-bond donors (Lipinski definition) is 1. The second kappa shape index (κ2) is 10.0. The lowest BCUT2D eigenvalue weighted by Crippen LogP contribution is -2.23. The summed E-state index contributed by atoms with van der Waals surface area (Å²) in [5.74, 6) is -0.335. The monoisotopic (exact) mass is 492 g/mol. The first kappa shape index (κ1) is 22.8. The molecule has 1 amide bonds. The molecule has 0 bridgehead atoms. The van der Waals surface area contributed by atoms with Gasteiger partial charge in [0, 0.05) is 22.5 Å². The third-order valence-corrected chi connectivity index (χ3v) is 6.85. The molecular weight excluding hydrogens is 476 g/mol. The van der Waals surface area contributed by atoms with Crippen molar-refractivity contribution >= 4 is 56.5 Å². The molecule has 0 spiro atoms. The summed E-state index contributed by atoms with van der Waals surface area (Å²) in [5.41, 5.74) is 2.26. The van der Waals surface area contributed by atoms with Gasteiger partial charge in [0.15, 0.2) is 5.16 Å². The number of halogens is 1. The summed E-state index contributed by atoms with van der Waals surface area (Å²) >= 11 is 8.52. The van der Waals surface area contributed by atoms with E-state index in [1.165, 1.54) is 22.0 Å². The molecule has 4 rings (SSSR count). The van der Waals surface area contributed by atoms with E-state index < -0.39 is 0 Å². The third-order valence-electron chi connectivity index (χ3n) is 4.76. The predicted molar refractivity (Wildman–Crippen MR) is 135 cm³/mol. The number of anilines is 1. The Labute approximate surface area is 203 Å². The molecule has 0 aliphatic carbocycles. The van der Waals surface area contributed by atoms with Crippen molar-refractivity contribution in [1.29, 1.82) is 5.26 Å². The number of nitriles is 1. The molecule has 0 fully saturated rings. The van der Waals surface area contributed by atoms with Gasteiger partial charge in [-0.25, -0.2) is 4.98 Å². The highest BCUT2D eigenvalue weighted by molar-refractivity contribution is 7.99. The van der Waals surface area contributed by atoms with Gasteiger partial charge in [0.1, 0.15) is 10.9 Å². The fraction of sp³-hybridized carbons (Fsp3) is 0.0833. The summed E-state index contributed by atoms with van der Waals surface area (Å²) in [7, 11) is 0. The number of carbonyl (C=O) groups excluding carboxylic acids is 1. The van der Waals surface area contributed by atoms with Gasteiger partial charge in [-0.3, -0.25) is 14.2 Å². The highest BCUT2D eigenvalue weighted by Gasteiger charge is 2.18. The Morgan fingerprint density at radius 2 is 2.09 bits per heavy atom. The van der Waals surface area contributed by atoms with E-state index in [4.69, 9.17) is 11.6 Å². The van der Waals surface area contributed by atoms with Gasteiger partial charge in [0.25, 0.3) is 5.56 Å². The van der Waals surface area contributed by atoms with Gasteiger partial charge in [0.05, 0.1) is 22.4 Å². The van der Waals surface area contributed by atoms with Gasteiger partial charge in [-0.1, -0.05) is 59.8 Å². The van der Waals surface area contributed by atoms with Crippen molar-refractivity contribution in [3.63, 3.8) is 0 Å². The van der Waals surface area contributed by atoms with Crippen LogP contribution in [0.4, 0.5) is 5.69 Å². The van der Waals surface area contributed by atoms with E-state index in [2.05, 4.69) is 16.9 Å². The Kier molecular flexibility index (Phi) is 6.94. The van der Waals surface area contributed by atoms with Crippen LogP contribution in [-0.4, -0.2) is 21.2 Å². The lowest BCUT2D eigenvalue weighted by molar-refractivity contribution is -0.113. The summed E-state index contributed by atoms with van der Waals surface area (Å²) < 4.78 is 1.52. The van der Waals surface area contributed by atoms with E-state index in [1.807, 2.05) is 41.8 Å². The second-order valence-electron chi connectivity index (χ2n) is 6.93. The van der Waals surface area contributed by atoms with E-state index in [0.29, 0.717) is 31.6 Å². The first-order valence-electron chi connectivity index (χ1n) is 9.82. The van der Waals surface area contributed by atoms with Gasteiger partial charge >= 0.3 is 0 Å². The van der Waals surface area contributed by atoms with E-state index in [-0.39, 0.29) is 23.8 Å². The van der Waals surface area contributed by atoms with Crippen molar-refractivity contribution in [2.45, 2.75) is 11.7 Å². The minimum Gasteiger partial charge on any atom is -0.324 e. The van der Waals surface area contributed by atoms with Crippen LogP contribution < -0.4 is 10.9 Å². The number of nitrogens with zero attached hydrogens (tertiary/aromatic N) is 3. The molecule has 0 unspecified atom stereocenters. The number of carbonyl (C=O) groups is 1. The molecule has 9 heteroatoms. The van der Waals surface area contributed by atoms with Gasteiger partial charge in [-0.2, -0.15) is 5.26 Å².